The Morgan fingerprint density at radius 3 is 2.55 bits per heavy atom. The molecule has 1 aliphatic carbocycles. The molecule has 2 aromatic rings. The third-order valence-corrected chi connectivity index (χ3v) is 6.48. The van der Waals surface area contributed by atoms with E-state index in [0.29, 0.717) is 34.3 Å². The van der Waals surface area contributed by atoms with Crippen molar-refractivity contribution in [3.63, 3.8) is 0 Å². The molecule has 1 fully saturated rings. The average Bonchev–Trinajstić information content (AvgIpc) is 2.94. The van der Waals surface area contributed by atoms with Crippen LogP contribution in [0, 0.1) is 22.2 Å². The Morgan fingerprint density at radius 2 is 1.93 bits per heavy atom. The molecule has 0 radical (unpaired) electrons. The molecule has 1 amide bonds. The summed E-state index contributed by atoms with van der Waals surface area (Å²) in [7, 11) is 0. The molecule has 0 unspecified atom stereocenters. The maximum absolute atomic E-state index is 13.0. The van der Waals surface area contributed by atoms with Gasteiger partial charge in [-0.25, -0.2) is 9.97 Å². The number of hydrogen-bond acceptors (Lipinski definition) is 5. The van der Waals surface area contributed by atoms with Gasteiger partial charge in [0, 0.05) is 22.9 Å². The first-order valence-electron chi connectivity index (χ1n) is 9.26. The molecule has 29 heavy (non-hydrogen) atoms. The molecule has 1 aromatic heterocycles. The van der Waals surface area contributed by atoms with E-state index < -0.39 is 0 Å². The van der Waals surface area contributed by atoms with Crippen LogP contribution in [0.3, 0.4) is 0 Å². The van der Waals surface area contributed by atoms with Crippen molar-refractivity contribution < 1.29 is 9.53 Å². The number of aromatic nitrogens is 2. The monoisotopic (exact) mass is 430 g/mol. The fourth-order valence-corrected chi connectivity index (χ4v) is 5.64. The lowest BCUT2D eigenvalue weighted by Crippen LogP contribution is -2.74. The van der Waals surface area contributed by atoms with E-state index in [9.17, 15) is 4.79 Å². The minimum Gasteiger partial charge on any atom is -0.489 e. The van der Waals surface area contributed by atoms with Gasteiger partial charge < -0.3 is 9.64 Å². The number of fused-ring (bicyclic) bond motifs is 1. The van der Waals surface area contributed by atoms with Gasteiger partial charge in [0.05, 0.1) is 29.0 Å². The SMILES string of the molecule is CC1(C)[C@H](Oc2ccc(C#N)c(Cl)c2)C(C)(C)[C@H]1N1Cc2nc(Cl)cnc2C1=O. The third-order valence-electron chi connectivity index (χ3n) is 5.99. The van der Waals surface area contributed by atoms with E-state index in [0.717, 1.165) is 0 Å². The number of carbonyl (C=O) groups excluding carboxylic acids is 1. The highest BCUT2D eigenvalue weighted by Crippen LogP contribution is 2.58. The molecule has 1 saturated carbocycles. The van der Waals surface area contributed by atoms with Gasteiger partial charge in [0.2, 0.25) is 0 Å². The van der Waals surface area contributed by atoms with E-state index in [1.165, 1.54) is 6.20 Å². The number of nitrogens with zero attached hydrogens (tertiary/aromatic N) is 4. The molecule has 0 atom stereocenters. The van der Waals surface area contributed by atoms with Crippen molar-refractivity contribution in [2.75, 3.05) is 0 Å². The van der Waals surface area contributed by atoms with Gasteiger partial charge in [0.15, 0.2) is 5.69 Å². The van der Waals surface area contributed by atoms with Crippen LogP contribution >= 0.6 is 23.2 Å². The minimum atomic E-state index is -0.328. The first kappa shape index (κ1) is 19.9. The second kappa shape index (κ2) is 6.58. The van der Waals surface area contributed by atoms with Crippen LogP contribution in [0.15, 0.2) is 24.4 Å². The standard InChI is InChI=1S/C21H20Cl2N4O2/c1-20(2)18(27-10-14-16(17(27)28)25-9-15(23)26-14)21(3,4)19(20)29-12-6-5-11(8-24)13(22)7-12/h5-7,9,18-19H,10H2,1-4H3/t18-,19-. The van der Waals surface area contributed by atoms with Gasteiger partial charge in [-0.2, -0.15) is 5.26 Å². The predicted molar refractivity (Wildman–Crippen MR) is 109 cm³/mol. The molecule has 0 bridgehead atoms. The summed E-state index contributed by atoms with van der Waals surface area (Å²) >= 11 is 12.1. The fourth-order valence-electron chi connectivity index (χ4n) is 5.28. The van der Waals surface area contributed by atoms with Crippen molar-refractivity contribution in [1.29, 1.82) is 5.26 Å². The van der Waals surface area contributed by atoms with Gasteiger partial charge >= 0.3 is 0 Å². The van der Waals surface area contributed by atoms with Crippen LogP contribution < -0.4 is 4.74 Å². The Morgan fingerprint density at radius 1 is 1.24 bits per heavy atom. The predicted octanol–water partition coefficient (Wildman–Crippen LogP) is 4.49. The first-order chi connectivity index (χ1) is 13.6. The van der Waals surface area contributed by atoms with E-state index >= 15 is 0 Å². The number of ether oxygens (including phenoxy) is 1. The quantitative estimate of drug-likeness (QED) is 0.716. The highest BCUT2D eigenvalue weighted by atomic mass is 35.5. The number of halogens is 2. The Labute approximate surface area is 179 Å². The minimum absolute atomic E-state index is 0.0730. The second-order valence-electron chi connectivity index (χ2n) is 8.72. The molecule has 150 valence electrons. The average molecular weight is 431 g/mol. The molecule has 8 heteroatoms. The first-order valence-corrected chi connectivity index (χ1v) is 10.0. The number of rotatable bonds is 3. The zero-order valence-electron chi connectivity index (χ0n) is 16.5. The molecular weight excluding hydrogens is 411 g/mol. The Hall–Kier alpha value is -2.36. The highest BCUT2D eigenvalue weighted by Gasteiger charge is 2.67. The molecule has 2 heterocycles. The van der Waals surface area contributed by atoms with Gasteiger partial charge in [-0.3, -0.25) is 4.79 Å². The highest BCUT2D eigenvalue weighted by molar-refractivity contribution is 6.31. The van der Waals surface area contributed by atoms with Gasteiger partial charge in [0.25, 0.3) is 5.91 Å². The number of carbonyl (C=O) groups is 1. The molecule has 0 spiro atoms. The smallest absolute Gasteiger partial charge is 0.275 e. The molecule has 1 aliphatic heterocycles. The van der Waals surface area contributed by atoms with Gasteiger partial charge in [-0.15, -0.1) is 0 Å². The van der Waals surface area contributed by atoms with Crippen molar-refractivity contribution in [2.24, 2.45) is 10.8 Å². The number of nitriles is 1. The maximum Gasteiger partial charge on any atom is 0.275 e. The zero-order valence-corrected chi connectivity index (χ0v) is 18.0. The van der Waals surface area contributed by atoms with E-state index in [1.807, 2.05) is 11.0 Å². The topological polar surface area (TPSA) is 79.1 Å². The van der Waals surface area contributed by atoms with Crippen LogP contribution in [-0.4, -0.2) is 32.9 Å². The van der Waals surface area contributed by atoms with Crippen molar-refractivity contribution >= 4 is 29.1 Å². The summed E-state index contributed by atoms with van der Waals surface area (Å²) in [5.41, 5.74) is 0.723. The second-order valence-corrected chi connectivity index (χ2v) is 9.51. The van der Waals surface area contributed by atoms with Crippen molar-refractivity contribution in [3.05, 3.63) is 51.5 Å². The van der Waals surface area contributed by atoms with Crippen molar-refractivity contribution in [3.8, 4) is 11.8 Å². The van der Waals surface area contributed by atoms with Crippen LogP contribution in [-0.2, 0) is 6.54 Å². The lowest BCUT2D eigenvalue weighted by atomic mass is 9.49. The third kappa shape index (κ3) is 2.95. The Balaban J connectivity index is 1.60. The summed E-state index contributed by atoms with van der Waals surface area (Å²) in [6.45, 7) is 8.73. The molecule has 2 aliphatic rings. The van der Waals surface area contributed by atoms with E-state index in [1.54, 1.807) is 18.2 Å². The van der Waals surface area contributed by atoms with Crippen LogP contribution in [0.25, 0.3) is 0 Å². The van der Waals surface area contributed by atoms with Crippen LogP contribution in [0.5, 0.6) is 5.75 Å². The normalized spacial score (nSPS) is 23.9. The van der Waals surface area contributed by atoms with Crippen molar-refractivity contribution in [2.45, 2.75) is 46.4 Å². The summed E-state index contributed by atoms with van der Waals surface area (Å²) < 4.78 is 6.30. The summed E-state index contributed by atoms with van der Waals surface area (Å²) in [4.78, 5) is 23.3. The molecule has 0 N–H and O–H groups in total. The molecule has 4 rings (SSSR count). The van der Waals surface area contributed by atoms with E-state index in [2.05, 4.69) is 37.7 Å². The molecule has 6 nitrogen and oxygen atoms in total. The van der Waals surface area contributed by atoms with Crippen LogP contribution in [0.4, 0.5) is 0 Å². The molecular formula is C21H20Cl2N4O2. The summed E-state index contributed by atoms with van der Waals surface area (Å²) in [5, 5.41) is 9.69. The largest absolute Gasteiger partial charge is 0.489 e. The Kier molecular flexibility index (Phi) is 4.52. The maximum atomic E-state index is 13.0. The fraction of sp³-hybridized carbons (Fsp3) is 0.429. The lowest BCUT2D eigenvalue weighted by Gasteiger charge is -2.65. The molecule has 0 saturated heterocycles. The van der Waals surface area contributed by atoms with E-state index in [-0.39, 0.29) is 34.0 Å². The van der Waals surface area contributed by atoms with Gasteiger partial charge in [-0.1, -0.05) is 50.9 Å². The summed E-state index contributed by atoms with van der Waals surface area (Å²) in [5.74, 6) is 0.472. The van der Waals surface area contributed by atoms with E-state index in [4.69, 9.17) is 33.2 Å². The Bertz CT molecular complexity index is 1050. The van der Waals surface area contributed by atoms with Gasteiger partial charge in [0.1, 0.15) is 23.1 Å². The van der Waals surface area contributed by atoms with Crippen molar-refractivity contribution in [1.82, 2.24) is 14.9 Å². The zero-order chi connectivity index (χ0) is 21.1. The van der Waals surface area contributed by atoms with Crippen LogP contribution in [0.2, 0.25) is 10.2 Å². The summed E-state index contributed by atoms with van der Waals surface area (Å²) in [6, 6.07) is 7.03. The number of amides is 1. The number of benzene rings is 1. The van der Waals surface area contributed by atoms with Gasteiger partial charge in [-0.05, 0) is 12.1 Å². The molecule has 1 aromatic carbocycles. The lowest BCUT2D eigenvalue weighted by molar-refractivity contribution is -0.199. The summed E-state index contributed by atoms with van der Waals surface area (Å²) in [6.07, 6.45) is 1.24. The number of hydrogen-bond donors (Lipinski definition) is 0. The van der Waals surface area contributed by atoms with Crippen LogP contribution in [0.1, 0.15) is 49.4 Å².